The molecule has 0 saturated heterocycles. The van der Waals surface area contributed by atoms with Crippen molar-refractivity contribution >= 4 is 65.7 Å². The van der Waals surface area contributed by atoms with Crippen LogP contribution in [0.2, 0.25) is 0 Å². The molecule has 1 aliphatic rings. The first-order valence-electron chi connectivity index (χ1n) is 17.9. The molecule has 0 saturated carbocycles. The van der Waals surface area contributed by atoms with Gasteiger partial charge >= 0.3 is 0 Å². The highest BCUT2D eigenvalue weighted by Crippen LogP contribution is 2.57. The quantitative estimate of drug-likeness (QED) is 0.188. The van der Waals surface area contributed by atoms with Gasteiger partial charge in [-0.3, -0.25) is 0 Å². The molecule has 0 spiro atoms. The molecule has 3 heteroatoms. The van der Waals surface area contributed by atoms with Crippen LogP contribution >= 0.6 is 0 Å². The molecule has 242 valence electrons. The zero-order chi connectivity index (χ0) is 34.0. The second-order valence-corrected chi connectivity index (χ2v) is 13.9. The number of rotatable bonds is 3. The van der Waals surface area contributed by atoms with Crippen LogP contribution in [0, 0.1) is 0 Å². The molecule has 52 heavy (non-hydrogen) atoms. The van der Waals surface area contributed by atoms with E-state index in [0.29, 0.717) is 0 Å². The molecule has 0 amide bonds. The van der Waals surface area contributed by atoms with Crippen molar-refractivity contribution in [3.8, 4) is 16.8 Å². The van der Waals surface area contributed by atoms with E-state index >= 15 is 0 Å². The normalized spacial score (nSPS) is 13.5. The Labute approximate surface area is 298 Å². The van der Waals surface area contributed by atoms with Crippen molar-refractivity contribution in [1.82, 2.24) is 4.57 Å². The third-order valence-electron chi connectivity index (χ3n) is 11.5. The van der Waals surface area contributed by atoms with E-state index in [2.05, 4.69) is 168 Å². The second-order valence-electron chi connectivity index (χ2n) is 13.9. The van der Waals surface area contributed by atoms with Gasteiger partial charge in [-0.2, -0.15) is 0 Å². The summed E-state index contributed by atoms with van der Waals surface area (Å²) in [6, 6.07) is 63.5. The lowest BCUT2D eigenvalue weighted by molar-refractivity contribution is 0.664. The molecular formula is C49H29NO2. The van der Waals surface area contributed by atoms with Gasteiger partial charge in [-0.1, -0.05) is 146 Å². The third-order valence-corrected chi connectivity index (χ3v) is 11.5. The average Bonchev–Trinajstić information content (AvgIpc) is 3.95. The minimum absolute atomic E-state index is 0.508. The van der Waals surface area contributed by atoms with Crippen molar-refractivity contribution in [3.63, 3.8) is 0 Å². The minimum Gasteiger partial charge on any atom is -0.455 e. The lowest BCUT2D eigenvalue weighted by Crippen LogP contribution is -2.28. The van der Waals surface area contributed by atoms with Crippen molar-refractivity contribution in [2.24, 2.45) is 0 Å². The van der Waals surface area contributed by atoms with E-state index in [1.165, 1.54) is 33.4 Å². The average molecular weight is 664 g/mol. The highest BCUT2D eigenvalue weighted by Gasteiger charge is 2.46. The maximum Gasteiger partial charge on any atom is 0.163 e. The second kappa shape index (κ2) is 10.1. The van der Waals surface area contributed by atoms with E-state index in [1.807, 2.05) is 12.1 Å². The largest absolute Gasteiger partial charge is 0.455 e. The molecule has 8 aromatic carbocycles. The molecule has 1 aliphatic carbocycles. The van der Waals surface area contributed by atoms with Gasteiger partial charge in [0.1, 0.15) is 16.7 Å². The summed E-state index contributed by atoms with van der Waals surface area (Å²) in [4.78, 5) is 0. The SMILES string of the molecule is c1ccc(C2(c3ccccc3)c3ccccc3-c3ccc(-n4c5ccccc5c5c6c7ccccc7oc6c6c7ccccc7oc6c54)cc32)cc1. The van der Waals surface area contributed by atoms with Gasteiger partial charge in [0.05, 0.1) is 21.8 Å². The number of fused-ring (bicyclic) bond motifs is 15. The summed E-state index contributed by atoms with van der Waals surface area (Å²) < 4.78 is 16.1. The maximum atomic E-state index is 6.90. The Morgan fingerprint density at radius 1 is 0.404 bits per heavy atom. The molecule has 3 aromatic heterocycles. The molecule has 0 atom stereocenters. The molecule has 0 radical (unpaired) electrons. The van der Waals surface area contributed by atoms with E-state index in [1.54, 1.807) is 0 Å². The predicted molar refractivity (Wildman–Crippen MR) is 213 cm³/mol. The number of aromatic nitrogens is 1. The van der Waals surface area contributed by atoms with Crippen LogP contribution in [0.4, 0.5) is 0 Å². The first kappa shape index (κ1) is 27.9. The van der Waals surface area contributed by atoms with Crippen LogP contribution in [0.25, 0.3) is 82.5 Å². The van der Waals surface area contributed by atoms with Crippen molar-refractivity contribution in [2.45, 2.75) is 5.41 Å². The van der Waals surface area contributed by atoms with Crippen LogP contribution in [0.5, 0.6) is 0 Å². The lowest BCUT2D eigenvalue weighted by Gasteiger charge is -2.34. The summed E-state index contributed by atoms with van der Waals surface area (Å²) in [5.74, 6) is 0. The van der Waals surface area contributed by atoms with E-state index in [-0.39, 0.29) is 0 Å². The van der Waals surface area contributed by atoms with Gasteiger partial charge in [-0.15, -0.1) is 0 Å². The number of hydrogen-bond acceptors (Lipinski definition) is 2. The number of furan rings is 2. The molecule has 0 N–H and O–H groups in total. The smallest absolute Gasteiger partial charge is 0.163 e. The number of hydrogen-bond donors (Lipinski definition) is 0. The summed E-state index contributed by atoms with van der Waals surface area (Å²) in [6.45, 7) is 0. The molecule has 3 heterocycles. The molecule has 0 fully saturated rings. The number of nitrogens with zero attached hydrogens (tertiary/aromatic N) is 1. The Morgan fingerprint density at radius 2 is 0.962 bits per heavy atom. The van der Waals surface area contributed by atoms with Crippen LogP contribution in [0.1, 0.15) is 22.3 Å². The van der Waals surface area contributed by atoms with Crippen molar-refractivity contribution < 1.29 is 8.83 Å². The fourth-order valence-corrected chi connectivity index (χ4v) is 9.46. The Balaban J connectivity index is 1.28. The van der Waals surface area contributed by atoms with Crippen LogP contribution in [0.3, 0.4) is 0 Å². The summed E-state index contributed by atoms with van der Waals surface area (Å²) in [5.41, 5.74) is 13.8. The zero-order valence-electron chi connectivity index (χ0n) is 28.0. The van der Waals surface area contributed by atoms with Crippen molar-refractivity contribution in [1.29, 1.82) is 0 Å². The third kappa shape index (κ3) is 3.40. The van der Waals surface area contributed by atoms with Crippen LogP contribution in [-0.4, -0.2) is 4.57 Å². The maximum absolute atomic E-state index is 6.90. The topological polar surface area (TPSA) is 31.2 Å². The fourth-order valence-electron chi connectivity index (χ4n) is 9.46. The number of para-hydroxylation sites is 3. The first-order chi connectivity index (χ1) is 25.8. The van der Waals surface area contributed by atoms with Crippen molar-refractivity contribution in [2.75, 3.05) is 0 Å². The van der Waals surface area contributed by atoms with E-state index in [0.717, 1.165) is 71.4 Å². The molecule has 0 unspecified atom stereocenters. The standard InChI is InChI=1S/C49H29NO2/c1-3-15-30(16-4-1)49(31-17-5-2-6-18-31)38-23-11-7-19-33(38)34-28-27-32(29-39(34)49)50-40-24-12-8-20-35(40)43-44-36-21-9-13-25-41(36)51-47(44)45-37-22-10-14-26-42(37)52-48(45)46(43)50/h1-29H. The molecule has 12 rings (SSSR count). The van der Waals surface area contributed by atoms with Crippen molar-refractivity contribution in [3.05, 3.63) is 198 Å². The number of benzene rings is 8. The molecule has 11 aromatic rings. The van der Waals surface area contributed by atoms with Gasteiger partial charge in [0, 0.05) is 32.6 Å². The summed E-state index contributed by atoms with van der Waals surface area (Å²) >= 11 is 0. The summed E-state index contributed by atoms with van der Waals surface area (Å²) in [7, 11) is 0. The van der Waals surface area contributed by atoms with E-state index in [4.69, 9.17) is 8.83 Å². The molecule has 3 nitrogen and oxygen atoms in total. The monoisotopic (exact) mass is 663 g/mol. The van der Waals surface area contributed by atoms with Gasteiger partial charge in [-0.05, 0) is 63.7 Å². The Morgan fingerprint density at radius 3 is 1.69 bits per heavy atom. The van der Waals surface area contributed by atoms with Crippen LogP contribution in [-0.2, 0) is 5.41 Å². The van der Waals surface area contributed by atoms with Gasteiger partial charge in [-0.25, -0.2) is 0 Å². The lowest BCUT2D eigenvalue weighted by atomic mass is 9.67. The highest BCUT2D eigenvalue weighted by atomic mass is 16.3. The fraction of sp³-hybridized carbons (Fsp3) is 0.0204. The summed E-state index contributed by atoms with van der Waals surface area (Å²) in [6.07, 6.45) is 0. The molecule has 0 aliphatic heterocycles. The van der Waals surface area contributed by atoms with E-state index < -0.39 is 5.41 Å². The predicted octanol–water partition coefficient (Wildman–Crippen LogP) is 12.9. The molecule has 0 bridgehead atoms. The minimum atomic E-state index is -0.508. The van der Waals surface area contributed by atoms with Gasteiger partial charge in [0.2, 0.25) is 0 Å². The Hall–Kier alpha value is -6.84. The Bertz CT molecular complexity index is 3190. The van der Waals surface area contributed by atoms with E-state index in [9.17, 15) is 0 Å². The van der Waals surface area contributed by atoms with Gasteiger partial charge in [0.25, 0.3) is 0 Å². The Kier molecular flexibility index (Phi) is 5.43. The van der Waals surface area contributed by atoms with Gasteiger partial charge in [0.15, 0.2) is 5.58 Å². The molecular weight excluding hydrogens is 635 g/mol. The first-order valence-corrected chi connectivity index (χ1v) is 17.9. The summed E-state index contributed by atoms with van der Waals surface area (Å²) in [5, 5.41) is 6.60. The highest BCUT2D eigenvalue weighted by molar-refractivity contribution is 6.38. The van der Waals surface area contributed by atoms with Crippen LogP contribution < -0.4 is 0 Å². The zero-order valence-corrected chi connectivity index (χ0v) is 28.0. The van der Waals surface area contributed by atoms with Crippen LogP contribution in [0.15, 0.2) is 185 Å². The van der Waals surface area contributed by atoms with Gasteiger partial charge < -0.3 is 13.4 Å².